The Morgan fingerprint density at radius 3 is 2.79 bits per heavy atom. The van der Waals surface area contributed by atoms with Crippen LogP contribution in [0.5, 0.6) is 11.5 Å². The number of ether oxygens (including phenoxy) is 2. The van der Waals surface area contributed by atoms with Crippen LogP contribution in [0.3, 0.4) is 0 Å². The molecule has 2 heterocycles. The summed E-state index contributed by atoms with van der Waals surface area (Å²) in [6, 6.07) is 9.83. The van der Waals surface area contributed by atoms with Gasteiger partial charge in [0.1, 0.15) is 17.3 Å². The first kappa shape index (κ1) is 20.5. The second-order valence-electron chi connectivity index (χ2n) is 6.86. The van der Waals surface area contributed by atoms with Gasteiger partial charge in [-0.05, 0) is 61.0 Å². The Balaban J connectivity index is 1.46. The molecule has 1 N–H and O–H groups in total. The maximum absolute atomic E-state index is 5.64. The lowest BCUT2D eigenvalue weighted by Gasteiger charge is -2.24. The van der Waals surface area contributed by atoms with Gasteiger partial charge in [-0.3, -0.25) is 4.90 Å². The van der Waals surface area contributed by atoms with E-state index in [1.54, 1.807) is 20.5 Å². The van der Waals surface area contributed by atoms with Crippen LogP contribution < -0.4 is 14.8 Å². The lowest BCUT2D eigenvalue weighted by molar-refractivity contribution is 0.254. The molecule has 1 aromatic carbocycles. The number of hydrogen-bond acceptors (Lipinski definition) is 5. The molecule has 1 aromatic heterocycles. The van der Waals surface area contributed by atoms with Crippen molar-refractivity contribution in [2.24, 2.45) is 0 Å². The quantitative estimate of drug-likeness (QED) is 0.714. The van der Waals surface area contributed by atoms with Crippen molar-refractivity contribution in [3.05, 3.63) is 47.9 Å². The molecule has 0 aliphatic carbocycles. The van der Waals surface area contributed by atoms with Gasteiger partial charge in [0, 0.05) is 32.7 Å². The molecule has 0 radical (unpaired) electrons. The summed E-state index contributed by atoms with van der Waals surface area (Å²) >= 11 is 5.64. The molecular weight excluding hydrogens is 374 g/mol. The van der Waals surface area contributed by atoms with Crippen molar-refractivity contribution in [2.45, 2.75) is 19.4 Å². The molecule has 6 nitrogen and oxygen atoms in total. The van der Waals surface area contributed by atoms with Crippen molar-refractivity contribution in [3.8, 4) is 11.5 Å². The van der Waals surface area contributed by atoms with E-state index in [1.807, 2.05) is 30.3 Å². The highest BCUT2D eigenvalue weighted by Gasteiger charge is 2.17. The third-order valence-corrected chi connectivity index (χ3v) is 5.40. The average Bonchev–Trinajstić information content (AvgIpc) is 3.11. The fourth-order valence-corrected chi connectivity index (χ4v) is 3.73. The molecule has 0 spiro atoms. The van der Waals surface area contributed by atoms with E-state index in [1.165, 1.54) is 0 Å². The highest BCUT2D eigenvalue weighted by molar-refractivity contribution is 7.80. The highest BCUT2D eigenvalue weighted by Crippen LogP contribution is 2.24. The van der Waals surface area contributed by atoms with Crippen LogP contribution in [0.4, 0.5) is 0 Å². The number of benzene rings is 1. The Labute approximate surface area is 172 Å². The fraction of sp³-hybridized carbons (Fsp3) is 0.476. The summed E-state index contributed by atoms with van der Waals surface area (Å²) < 4.78 is 16.2. The standard InChI is InChI=1S/C21H29N3O3S/c1-25-18-6-7-20(26-2)17(15-18)8-9-22-21(28)24-11-4-10-23(12-13-24)16-19-5-3-14-27-19/h3,5-7,14-15H,4,8-13,16H2,1-2H3,(H,22,28). The molecule has 28 heavy (non-hydrogen) atoms. The second-order valence-corrected chi connectivity index (χ2v) is 7.24. The highest BCUT2D eigenvalue weighted by atomic mass is 32.1. The Kier molecular flexibility index (Phi) is 7.56. The maximum Gasteiger partial charge on any atom is 0.168 e. The number of nitrogens with zero attached hydrogens (tertiary/aromatic N) is 2. The van der Waals surface area contributed by atoms with Gasteiger partial charge in [0.15, 0.2) is 5.11 Å². The molecule has 0 unspecified atom stereocenters. The van der Waals surface area contributed by atoms with Crippen LogP contribution in [0.15, 0.2) is 41.0 Å². The Morgan fingerprint density at radius 1 is 1.14 bits per heavy atom. The topological polar surface area (TPSA) is 50.1 Å². The molecule has 0 atom stereocenters. The molecule has 1 aliphatic heterocycles. The van der Waals surface area contributed by atoms with E-state index in [9.17, 15) is 0 Å². The smallest absolute Gasteiger partial charge is 0.168 e. The summed E-state index contributed by atoms with van der Waals surface area (Å²) in [5, 5.41) is 4.22. The van der Waals surface area contributed by atoms with E-state index in [2.05, 4.69) is 15.1 Å². The van der Waals surface area contributed by atoms with Gasteiger partial charge < -0.3 is 24.1 Å². The Hall–Kier alpha value is -2.25. The van der Waals surface area contributed by atoms with Crippen LogP contribution >= 0.6 is 12.2 Å². The van der Waals surface area contributed by atoms with Crippen LogP contribution in [0.1, 0.15) is 17.7 Å². The minimum absolute atomic E-state index is 0.759. The van der Waals surface area contributed by atoms with Gasteiger partial charge in [0.2, 0.25) is 0 Å². The molecule has 1 aliphatic rings. The van der Waals surface area contributed by atoms with Gasteiger partial charge in [0.05, 0.1) is 27.0 Å². The van der Waals surface area contributed by atoms with E-state index in [0.29, 0.717) is 0 Å². The van der Waals surface area contributed by atoms with E-state index >= 15 is 0 Å². The first-order chi connectivity index (χ1) is 13.7. The van der Waals surface area contributed by atoms with Gasteiger partial charge in [-0.15, -0.1) is 0 Å². The molecular formula is C21H29N3O3S. The van der Waals surface area contributed by atoms with Crippen LogP contribution in [0, 0.1) is 0 Å². The van der Waals surface area contributed by atoms with Crippen LogP contribution in [0.2, 0.25) is 0 Å². The lowest BCUT2D eigenvalue weighted by Crippen LogP contribution is -2.42. The molecule has 152 valence electrons. The minimum Gasteiger partial charge on any atom is -0.497 e. The third kappa shape index (κ3) is 5.62. The maximum atomic E-state index is 5.64. The summed E-state index contributed by atoms with van der Waals surface area (Å²) in [7, 11) is 3.36. The van der Waals surface area contributed by atoms with Crippen LogP contribution in [0.25, 0.3) is 0 Å². The first-order valence-electron chi connectivity index (χ1n) is 9.68. The monoisotopic (exact) mass is 403 g/mol. The molecule has 1 fully saturated rings. The van der Waals surface area contributed by atoms with Gasteiger partial charge in [-0.2, -0.15) is 0 Å². The summed E-state index contributed by atoms with van der Waals surface area (Å²) in [5.41, 5.74) is 1.11. The molecule has 0 bridgehead atoms. The van der Waals surface area contributed by atoms with Crippen molar-refractivity contribution >= 4 is 17.3 Å². The van der Waals surface area contributed by atoms with Gasteiger partial charge in [-0.1, -0.05) is 0 Å². The number of nitrogens with one attached hydrogen (secondary N) is 1. The normalized spacial score (nSPS) is 15.1. The Morgan fingerprint density at radius 2 is 2.04 bits per heavy atom. The van der Waals surface area contributed by atoms with E-state index in [-0.39, 0.29) is 0 Å². The fourth-order valence-electron chi connectivity index (χ4n) is 3.45. The van der Waals surface area contributed by atoms with Crippen molar-refractivity contribution in [2.75, 3.05) is 46.9 Å². The molecule has 3 rings (SSSR count). The summed E-state index contributed by atoms with van der Waals surface area (Å²) in [4.78, 5) is 4.68. The predicted molar refractivity (Wildman–Crippen MR) is 114 cm³/mol. The van der Waals surface area contributed by atoms with Gasteiger partial charge in [-0.25, -0.2) is 0 Å². The average molecular weight is 404 g/mol. The van der Waals surface area contributed by atoms with Crippen molar-refractivity contribution in [3.63, 3.8) is 0 Å². The van der Waals surface area contributed by atoms with Gasteiger partial charge in [0.25, 0.3) is 0 Å². The largest absolute Gasteiger partial charge is 0.497 e. The molecule has 7 heteroatoms. The number of furan rings is 1. The zero-order chi connectivity index (χ0) is 19.8. The number of hydrogen-bond donors (Lipinski definition) is 1. The minimum atomic E-state index is 0.759. The number of rotatable bonds is 7. The zero-order valence-corrected chi connectivity index (χ0v) is 17.5. The molecule has 2 aromatic rings. The first-order valence-corrected chi connectivity index (χ1v) is 10.1. The van der Waals surface area contributed by atoms with E-state index in [0.717, 1.165) is 80.0 Å². The van der Waals surface area contributed by atoms with E-state index < -0.39 is 0 Å². The zero-order valence-electron chi connectivity index (χ0n) is 16.6. The summed E-state index contributed by atoms with van der Waals surface area (Å²) in [6.07, 6.45) is 3.64. The summed E-state index contributed by atoms with van der Waals surface area (Å²) in [6.45, 7) is 5.55. The molecule has 0 saturated carbocycles. The van der Waals surface area contributed by atoms with Crippen molar-refractivity contribution in [1.82, 2.24) is 15.1 Å². The van der Waals surface area contributed by atoms with Crippen molar-refractivity contribution < 1.29 is 13.9 Å². The SMILES string of the molecule is COc1ccc(OC)c(CCNC(=S)N2CCCN(Cc3ccco3)CC2)c1. The van der Waals surface area contributed by atoms with Crippen LogP contribution in [-0.2, 0) is 13.0 Å². The third-order valence-electron chi connectivity index (χ3n) is 4.99. The molecule has 1 saturated heterocycles. The van der Waals surface area contributed by atoms with E-state index in [4.69, 9.17) is 26.1 Å². The van der Waals surface area contributed by atoms with Crippen LogP contribution in [-0.4, -0.2) is 61.9 Å². The summed E-state index contributed by atoms with van der Waals surface area (Å²) in [5.74, 6) is 2.72. The Bertz CT molecular complexity index is 751. The lowest BCUT2D eigenvalue weighted by atomic mass is 10.1. The number of methoxy groups -OCH3 is 2. The second kappa shape index (κ2) is 10.3. The number of thiocarbonyl (C=S) groups is 1. The molecule has 0 amide bonds. The van der Waals surface area contributed by atoms with Crippen molar-refractivity contribution in [1.29, 1.82) is 0 Å². The predicted octanol–water partition coefficient (Wildman–Crippen LogP) is 2.92. The van der Waals surface area contributed by atoms with Gasteiger partial charge >= 0.3 is 0 Å².